The van der Waals surface area contributed by atoms with Gasteiger partial charge >= 0.3 is 5.97 Å². The molecule has 0 amide bonds. The zero-order valence-corrected chi connectivity index (χ0v) is 8.80. The minimum Gasteiger partial charge on any atom is -0.481 e. The Balaban J connectivity index is 2.43. The van der Waals surface area contributed by atoms with Gasteiger partial charge in [-0.25, -0.2) is 9.37 Å². The van der Waals surface area contributed by atoms with Crippen LogP contribution in [0.15, 0.2) is 36.7 Å². The molecule has 2 aromatic heterocycles. The van der Waals surface area contributed by atoms with Crippen LogP contribution in [0, 0.1) is 5.82 Å². The van der Waals surface area contributed by atoms with Crippen molar-refractivity contribution in [2.75, 3.05) is 0 Å². The number of hydrogen-bond donors (Lipinski definition) is 1. The van der Waals surface area contributed by atoms with Gasteiger partial charge in [0.1, 0.15) is 11.5 Å². The van der Waals surface area contributed by atoms with E-state index in [1.165, 1.54) is 18.3 Å². The van der Waals surface area contributed by atoms with Gasteiger partial charge in [-0.05, 0) is 24.3 Å². The van der Waals surface area contributed by atoms with Gasteiger partial charge in [0, 0.05) is 18.0 Å². The second-order valence-corrected chi connectivity index (χ2v) is 3.45. The first-order valence-electron chi connectivity index (χ1n) is 4.94. The Bertz CT molecular complexity index is 543. The van der Waals surface area contributed by atoms with E-state index in [4.69, 9.17) is 5.11 Å². The highest BCUT2D eigenvalue weighted by molar-refractivity contribution is 5.70. The van der Waals surface area contributed by atoms with E-state index in [-0.39, 0.29) is 12.1 Å². The Morgan fingerprint density at radius 1 is 1.35 bits per heavy atom. The Morgan fingerprint density at radius 3 is 2.82 bits per heavy atom. The summed E-state index contributed by atoms with van der Waals surface area (Å²) in [6.45, 7) is 0. The maximum atomic E-state index is 13.6. The van der Waals surface area contributed by atoms with Gasteiger partial charge < -0.3 is 5.11 Å². The van der Waals surface area contributed by atoms with Gasteiger partial charge in [0.05, 0.1) is 12.1 Å². The molecule has 0 saturated heterocycles. The third kappa shape index (κ3) is 2.63. The van der Waals surface area contributed by atoms with Crippen LogP contribution in [-0.2, 0) is 11.2 Å². The van der Waals surface area contributed by atoms with E-state index < -0.39 is 11.8 Å². The molecule has 2 rings (SSSR count). The molecular formula is C12H9FN2O2. The summed E-state index contributed by atoms with van der Waals surface area (Å²) < 4.78 is 13.6. The van der Waals surface area contributed by atoms with E-state index in [1.54, 1.807) is 18.3 Å². The van der Waals surface area contributed by atoms with Crippen LogP contribution in [-0.4, -0.2) is 21.0 Å². The molecule has 0 unspecified atom stereocenters. The summed E-state index contributed by atoms with van der Waals surface area (Å²) in [6.07, 6.45) is 2.83. The predicted octanol–water partition coefficient (Wildman–Crippen LogP) is 1.91. The molecule has 0 aliphatic rings. The number of carboxylic acid groups (broad SMARTS) is 1. The molecule has 4 nitrogen and oxygen atoms in total. The molecule has 0 saturated carbocycles. The van der Waals surface area contributed by atoms with Crippen LogP contribution in [0.5, 0.6) is 0 Å². The summed E-state index contributed by atoms with van der Waals surface area (Å²) in [5.74, 6) is -1.49. The summed E-state index contributed by atoms with van der Waals surface area (Å²) >= 11 is 0. The van der Waals surface area contributed by atoms with E-state index in [0.717, 1.165) is 0 Å². The van der Waals surface area contributed by atoms with Gasteiger partial charge in [-0.2, -0.15) is 0 Å². The van der Waals surface area contributed by atoms with Crippen LogP contribution in [0.4, 0.5) is 4.39 Å². The molecular weight excluding hydrogens is 223 g/mol. The van der Waals surface area contributed by atoms with Crippen molar-refractivity contribution in [2.45, 2.75) is 6.42 Å². The lowest BCUT2D eigenvalue weighted by molar-refractivity contribution is -0.136. The maximum absolute atomic E-state index is 13.6. The van der Waals surface area contributed by atoms with Crippen molar-refractivity contribution in [1.82, 2.24) is 9.97 Å². The summed E-state index contributed by atoms with van der Waals surface area (Å²) in [6, 6.07) is 5.92. The van der Waals surface area contributed by atoms with Gasteiger partial charge in [0.15, 0.2) is 0 Å². The van der Waals surface area contributed by atoms with E-state index >= 15 is 0 Å². The predicted molar refractivity (Wildman–Crippen MR) is 58.8 cm³/mol. The van der Waals surface area contributed by atoms with Crippen LogP contribution >= 0.6 is 0 Å². The number of carbonyl (C=O) groups is 1. The fraction of sp³-hybridized carbons (Fsp3) is 0.0833. The fourth-order valence-electron chi connectivity index (χ4n) is 1.44. The molecule has 17 heavy (non-hydrogen) atoms. The first-order valence-corrected chi connectivity index (χ1v) is 4.94. The van der Waals surface area contributed by atoms with Crippen LogP contribution in [0.25, 0.3) is 11.3 Å². The van der Waals surface area contributed by atoms with Gasteiger partial charge in [-0.1, -0.05) is 0 Å². The highest BCUT2D eigenvalue weighted by Gasteiger charge is 2.10. The van der Waals surface area contributed by atoms with Crippen LogP contribution < -0.4 is 0 Å². The average Bonchev–Trinajstić information content (AvgIpc) is 2.32. The molecule has 0 aromatic carbocycles. The lowest BCUT2D eigenvalue weighted by Crippen LogP contribution is -2.04. The zero-order chi connectivity index (χ0) is 12.3. The average molecular weight is 232 g/mol. The smallest absolute Gasteiger partial charge is 0.309 e. The van der Waals surface area contributed by atoms with Crippen molar-refractivity contribution in [1.29, 1.82) is 0 Å². The van der Waals surface area contributed by atoms with Crippen molar-refractivity contribution in [3.63, 3.8) is 0 Å². The third-order valence-electron chi connectivity index (χ3n) is 2.17. The lowest BCUT2D eigenvalue weighted by atomic mass is 10.1. The van der Waals surface area contributed by atoms with Crippen molar-refractivity contribution < 1.29 is 14.3 Å². The summed E-state index contributed by atoms with van der Waals surface area (Å²) in [5.41, 5.74) is 0.965. The van der Waals surface area contributed by atoms with E-state index in [9.17, 15) is 9.18 Å². The molecule has 2 aromatic rings. The Morgan fingerprint density at radius 2 is 2.18 bits per heavy atom. The highest BCUT2D eigenvalue weighted by Crippen LogP contribution is 2.19. The number of rotatable bonds is 3. The summed E-state index contributed by atoms with van der Waals surface area (Å²) in [4.78, 5) is 18.4. The van der Waals surface area contributed by atoms with E-state index in [2.05, 4.69) is 9.97 Å². The summed E-state index contributed by atoms with van der Waals surface area (Å²) in [5, 5.41) is 8.65. The number of aliphatic carboxylic acids is 1. The molecule has 5 heteroatoms. The molecule has 86 valence electrons. The van der Waals surface area contributed by atoms with E-state index in [0.29, 0.717) is 11.3 Å². The molecule has 1 N–H and O–H groups in total. The molecule has 2 heterocycles. The summed E-state index contributed by atoms with van der Waals surface area (Å²) in [7, 11) is 0. The van der Waals surface area contributed by atoms with Crippen molar-refractivity contribution in [3.05, 3.63) is 48.2 Å². The Kier molecular flexibility index (Phi) is 3.09. The largest absolute Gasteiger partial charge is 0.481 e. The highest BCUT2D eigenvalue weighted by atomic mass is 19.1. The monoisotopic (exact) mass is 232 g/mol. The molecule has 0 bridgehead atoms. The number of nitrogens with zero attached hydrogens (tertiary/aromatic N) is 2. The quantitative estimate of drug-likeness (QED) is 0.877. The van der Waals surface area contributed by atoms with Crippen LogP contribution in [0.1, 0.15) is 5.69 Å². The van der Waals surface area contributed by atoms with Gasteiger partial charge in [0.25, 0.3) is 0 Å². The van der Waals surface area contributed by atoms with Crippen LogP contribution in [0.3, 0.4) is 0 Å². The number of pyridine rings is 2. The van der Waals surface area contributed by atoms with Gasteiger partial charge in [-0.15, -0.1) is 0 Å². The Hall–Kier alpha value is -2.30. The number of carboxylic acids is 1. The SMILES string of the molecule is O=C(O)Cc1ccc(F)c(-c2cccnc2)n1. The number of hydrogen-bond acceptors (Lipinski definition) is 3. The number of halogens is 1. The first-order chi connectivity index (χ1) is 8.16. The fourth-order valence-corrected chi connectivity index (χ4v) is 1.44. The first kappa shape index (κ1) is 11.2. The molecule has 0 radical (unpaired) electrons. The molecule has 0 spiro atoms. The topological polar surface area (TPSA) is 63.1 Å². The van der Waals surface area contributed by atoms with Crippen molar-refractivity contribution in [2.24, 2.45) is 0 Å². The van der Waals surface area contributed by atoms with Crippen LogP contribution in [0.2, 0.25) is 0 Å². The molecule has 0 atom stereocenters. The minimum atomic E-state index is -0.999. The minimum absolute atomic E-state index is 0.122. The molecule has 0 aliphatic heterocycles. The van der Waals surface area contributed by atoms with Crippen molar-refractivity contribution >= 4 is 5.97 Å². The second-order valence-electron chi connectivity index (χ2n) is 3.45. The maximum Gasteiger partial charge on any atom is 0.309 e. The normalized spacial score (nSPS) is 10.2. The van der Waals surface area contributed by atoms with Gasteiger partial charge in [-0.3, -0.25) is 9.78 Å². The third-order valence-corrected chi connectivity index (χ3v) is 2.17. The zero-order valence-electron chi connectivity index (χ0n) is 8.80. The van der Waals surface area contributed by atoms with E-state index in [1.807, 2.05) is 0 Å². The van der Waals surface area contributed by atoms with Crippen molar-refractivity contribution in [3.8, 4) is 11.3 Å². The standard InChI is InChI=1S/C12H9FN2O2/c13-10-4-3-9(6-11(16)17)15-12(10)8-2-1-5-14-7-8/h1-5,7H,6H2,(H,16,17). The Labute approximate surface area is 96.8 Å². The second kappa shape index (κ2) is 4.69. The van der Waals surface area contributed by atoms with Gasteiger partial charge in [0.2, 0.25) is 0 Å². The molecule has 0 fully saturated rings. The molecule has 0 aliphatic carbocycles. The lowest BCUT2D eigenvalue weighted by Gasteiger charge is -2.04. The number of aromatic nitrogens is 2.